The molecule has 2 aromatic carbocycles. The summed E-state index contributed by atoms with van der Waals surface area (Å²) in [6, 6.07) is 11.0. The third-order valence-corrected chi connectivity index (χ3v) is 3.81. The Morgan fingerprint density at radius 2 is 1.88 bits per heavy atom. The number of nitrogens with one attached hydrogen (secondary N) is 1. The number of benzene rings is 2. The van der Waals surface area contributed by atoms with Gasteiger partial charge in [-0.2, -0.15) is 5.10 Å². The van der Waals surface area contributed by atoms with Crippen LogP contribution in [0.4, 0.5) is 10.1 Å². The molecular weight excluding hydrogens is 321 g/mol. The van der Waals surface area contributed by atoms with Crippen molar-refractivity contribution in [3.05, 3.63) is 59.4 Å². The number of carbonyl (C=O) groups excluding carboxylic acids is 1. The van der Waals surface area contributed by atoms with Crippen LogP contribution in [0.15, 0.2) is 47.6 Å². The number of nitrogens with zero attached hydrogens (tertiary/aromatic N) is 2. The Kier molecular flexibility index (Phi) is 6.51. The van der Waals surface area contributed by atoms with Crippen molar-refractivity contribution in [3.8, 4) is 5.75 Å². The summed E-state index contributed by atoms with van der Waals surface area (Å²) in [5, 5.41) is 14.0. The van der Waals surface area contributed by atoms with E-state index in [1.54, 1.807) is 24.3 Å². The lowest BCUT2D eigenvalue weighted by atomic mass is 10.1. The Hall–Kier alpha value is -2.89. The summed E-state index contributed by atoms with van der Waals surface area (Å²) in [6.45, 7) is 5.80. The van der Waals surface area contributed by atoms with Gasteiger partial charge in [0.15, 0.2) is 0 Å². The van der Waals surface area contributed by atoms with Crippen molar-refractivity contribution < 1.29 is 14.3 Å². The molecule has 0 bridgehead atoms. The van der Waals surface area contributed by atoms with Gasteiger partial charge in [-0.1, -0.05) is 12.1 Å². The van der Waals surface area contributed by atoms with E-state index >= 15 is 0 Å². The molecule has 2 aromatic rings. The van der Waals surface area contributed by atoms with Crippen molar-refractivity contribution in [2.75, 3.05) is 18.0 Å². The van der Waals surface area contributed by atoms with E-state index in [-0.39, 0.29) is 23.9 Å². The van der Waals surface area contributed by atoms with E-state index in [1.165, 1.54) is 18.3 Å². The molecule has 0 aliphatic carbocycles. The summed E-state index contributed by atoms with van der Waals surface area (Å²) >= 11 is 0. The maximum atomic E-state index is 12.8. The molecule has 1 amide bonds. The van der Waals surface area contributed by atoms with Crippen molar-refractivity contribution in [1.82, 2.24) is 5.43 Å². The number of aromatic hydroxyl groups is 1. The van der Waals surface area contributed by atoms with Gasteiger partial charge in [0.25, 0.3) is 0 Å². The van der Waals surface area contributed by atoms with E-state index in [0.717, 1.165) is 18.8 Å². The summed E-state index contributed by atoms with van der Waals surface area (Å²) in [6.07, 6.45) is 1.49. The second kappa shape index (κ2) is 8.82. The van der Waals surface area contributed by atoms with Crippen LogP contribution in [0.25, 0.3) is 0 Å². The molecule has 0 unspecified atom stereocenters. The van der Waals surface area contributed by atoms with Crippen LogP contribution in [0.5, 0.6) is 5.75 Å². The zero-order valence-corrected chi connectivity index (χ0v) is 14.4. The van der Waals surface area contributed by atoms with Gasteiger partial charge >= 0.3 is 0 Å². The van der Waals surface area contributed by atoms with Crippen LogP contribution in [-0.2, 0) is 11.2 Å². The van der Waals surface area contributed by atoms with Crippen LogP contribution in [0.1, 0.15) is 25.0 Å². The minimum absolute atomic E-state index is 0.0981. The third-order valence-electron chi connectivity index (χ3n) is 3.81. The van der Waals surface area contributed by atoms with E-state index in [4.69, 9.17) is 0 Å². The van der Waals surface area contributed by atoms with Gasteiger partial charge in [-0.15, -0.1) is 0 Å². The maximum Gasteiger partial charge on any atom is 0.244 e. The lowest BCUT2D eigenvalue weighted by molar-refractivity contribution is -0.120. The Bertz CT molecular complexity index is 741. The molecule has 0 aliphatic rings. The Morgan fingerprint density at radius 1 is 1.20 bits per heavy atom. The van der Waals surface area contributed by atoms with Crippen LogP contribution in [0.2, 0.25) is 0 Å². The average molecular weight is 343 g/mol. The van der Waals surface area contributed by atoms with Crippen LogP contribution >= 0.6 is 0 Å². The van der Waals surface area contributed by atoms with Crippen molar-refractivity contribution in [2.24, 2.45) is 5.10 Å². The smallest absolute Gasteiger partial charge is 0.244 e. The predicted molar refractivity (Wildman–Crippen MR) is 97.5 cm³/mol. The molecule has 0 fully saturated rings. The number of hydrogen-bond acceptors (Lipinski definition) is 4. The fourth-order valence-electron chi connectivity index (χ4n) is 2.43. The van der Waals surface area contributed by atoms with E-state index < -0.39 is 0 Å². The van der Waals surface area contributed by atoms with E-state index in [2.05, 4.69) is 15.4 Å². The van der Waals surface area contributed by atoms with E-state index in [9.17, 15) is 14.3 Å². The molecule has 2 N–H and O–H groups in total. The second-order valence-electron chi connectivity index (χ2n) is 5.51. The number of phenolic OH excluding ortho intramolecular Hbond substituents is 1. The minimum Gasteiger partial charge on any atom is -0.507 e. The maximum absolute atomic E-state index is 12.8. The van der Waals surface area contributed by atoms with Gasteiger partial charge in [-0.3, -0.25) is 4.79 Å². The Morgan fingerprint density at radius 3 is 2.48 bits per heavy atom. The number of phenols is 1. The first-order valence-electron chi connectivity index (χ1n) is 8.17. The highest BCUT2D eigenvalue weighted by Crippen LogP contribution is 2.23. The zero-order valence-electron chi connectivity index (χ0n) is 14.4. The summed E-state index contributed by atoms with van der Waals surface area (Å²) in [7, 11) is 0. The number of rotatable bonds is 7. The molecule has 5 nitrogen and oxygen atoms in total. The molecule has 0 atom stereocenters. The standard InChI is InChI=1S/C19H22FN3O2/c1-3-23(4-2)17-10-7-15(18(24)12-17)13-21-22-19(25)11-14-5-8-16(20)9-6-14/h5-10,12-13,24H,3-4,11H2,1-2H3,(H,22,25)/b21-13+. The zero-order chi connectivity index (χ0) is 18.2. The molecule has 0 radical (unpaired) electrons. The molecular formula is C19H22FN3O2. The topological polar surface area (TPSA) is 64.9 Å². The van der Waals surface area contributed by atoms with Crippen molar-refractivity contribution >= 4 is 17.8 Å². The van der Waals surface area contributed by atoms with Crippen LogP contribution in [0, 0.1) is 5.82 Å². The lowest BCUT2D eigenvalue weighted by Gasteiger charge is -2.21. The van der Waals surface area contributed by atoms with Gasteiger partial charge in [0.05, 0.1) is 12.6 Å². The molecule has 0 saturated carbocycles. The molecule has 0 saturated heterocycles. The number of anilines is 1. The number of amides is 1. The second-order valence-corrected chi connectivity index (χ2v) is 5.51. The number of carbonyl (C=O) groups is 1. The Balaban J connectivity index is 1.95. The quantitative estimate of drug-likeness (QED) is 0.600. The first-order valence-corrected chi connectivity index (χ1v) is 8.17. The summed E-state index contributed by atoms with van der Waals surface area (Å²) in [4.78, 5) is 13.9. The van der Waals surface area contributed by atoms with Crippen LogP contribution < -0.4 is 10.3 Å². The average Bonchev–Trinajstić information content (AvgIpc) is 2.60. The highest BCUT2D eigenvalue weighted by atomic mass is 19.1. The number of halogens is 1. The van der Waals surface area contributed by atoms with Gasteiger partial charge in [0.1, 0.15) is 11.6 Å². The normalized spacial score (nSPS) is 10.8. The molecule has 0 spiro atoms. The van der Waals surface area contributed by atoms with E-state index in [0.29, 0.717) is 11.1 Å². The highest BCUT2D eigenvalue weighted by molar-refractivity contribution is 5.86. The summed E-state index contributed by atoms with van der Waals surface area (Å²) in [5.74, 6) is -0.561. The molecule has 132 valence electrons. The van der Waals surface area contributed by atoms with Crippen molar-refractivity contribution in [1.29, 1.82) is 0 Å². The lowest BCUT2D eigenvalue weighted by Crippen LogP contribution is -2.21. The summed E-state index contributed by atoms with van der Waals surface area (Å²) in [5.41, 5.74) is 4.53. The number of hydrazone groups is 1. The molecule has 0 heterocycles. The largest absolute Gasteiger partial charge is 0.507 e. The first-order chi connectivity index (χ1) is 12.0. The van der Waals surface area contributed by atoms with E-state index in [1.807, 2.05) is 19.9 Å². The SMILES string of the molecule is CCN(CC)c1ccc(/C=N/NC(=O)Cc2ccc(F)cc2)c(O)c1. The van der Waals surface area contributed by atoms with Gasteiger partial charge in [-0.25, -0.2) is 9.82 Å². The minimum atomic E-state index is -0.342. The van der Waals surface area contributed by atoms with Crippen molar-refractivity contribution in [3.63, 3.8) is 0 Å². The molecule has 6 heteroatoms. The highest BCUT2D eigenvalue weighted by Gasteiger charge is 2.06. The monoisotopic (exact) mass is 343 g/mol. The van der Waals surface area contributed by atoms with Gasteiger partial charge in [-0.05, 0) is 43.7 Å². The number of hydrogen-bond donors (Lipinski definition) is 2. The first kappa shape index (κ1) is 18.4. The Labute approximate surface area is 146 Å². The van der Waals surface area contributed by atoms with Crippen molar-refractivity contribution in [2.45, 2.75) is 20.3 Å². The van der Waals surface area contributed by atoms with Gasteiger partial charge in [0, 0.05) is 30.4 Å². The fraction of sp³-hybridized carbons (Fsp3) is 0.263. The fourth-order valence-corrected chi connectivity index (χ4v) is 2.43. The predicted octanol–water partition coefficient (Wildman–Crippen LogP) is 3.07. The van der Waals surface area contributed by atoms with Gasteiger partial charge in [0.2, 0.25) is 5.91 Å². The summed E-state index contributed by atoms with van der Waals surface area (Å²) < 4.78 is 12.8. The molecule has 2 rings (SSSR count). The van der Waals surface area contributed by atoms with Crippen LogP contribution in [0.3, 0.4) is 0 Å². The van der Waals surface area contributed by atoms with Crippen LogP contribution in [-0.4, -0.2) is 30.3 Å². The molecule has 25 heavy (non-hydrogen) atoms. The third kappa shape index (κ3) is 5.31. The van der Waals surface area contributed by atoms with Gasteiger partial charge < -0.3 is 10.0 Å². The molecule has 0 aliphatic heterocycles. The molecule has 0 aromatic heterocycles.